The molecule has 1 aliphatic rings. The van der Waals surface area contributed by atoms with Crippen LogP contribution in [0.4, 0.5) is 0 Å². The van der Waals surface area contributed by atoms with E-state index in [-0.39, 0.29) is 10.8 Å². The molecule has 3 unspecified atom stereocenters. The van der Waals surface area contributed by atoms with Crippen LogP contribution in [0.3, 0.4) is 0 Å². The molecule has 3 rings (SSSR count). The molecule has 2 aromatic rings. The van der Waals surface area contributed by atoms with Crippen molar-refractivity contribution in [3.05, 3.63) is 68.7 Å². The normalized spacial score (nSPS) is 27.0. The summed E-state index contributed by atoms with van der Waals surface area (Å²) in [6.07, 6.45) is 1.05. The van der Waals surface area contributed by atoms with Crippen molar-refractivity contribution >= 4 is 34.8 Å². The number of halogens is 3. The van der Waals surface area contributed by atoms with E-state index in [4.69, 9.17) is 34.8 Å². The van der Waals surface area contributed by atoms with E-state index in [2.05, 4.69) is 44.2 Å². The summed E-state index contributed by atoms with van der Waals surface area (Å²) in [4.78, 5) is -0.267. The molecule has 0 aliphatic heterocycles. The number of aryl methyl sites for hydroxylation is 2. The summed E-state index contributed by atoms with van der Waals surface area (Å²) in [7, 11) is 0. The molecular formula is C19H19Cl3. The molecule has 1 saturated carbocycles. The van der Waals surface area contributed by atoms with Gasteiger partial charge in [0.05, 0.1) is 14.9 Å². The number of hydrogen-bond donors (Lipinski definition) is 0. The lowest BCUT2D eigenvalue weighted by Gasteiger charge is -2.07. The molecule has 3 heteroatoms. The predicted octanol–water partition coefficient (Wildman–Crippen LogP) is 6.74. The number of benzene rings is 2. The Labute approximate surface area is 147 Å². The Morgan fingerprint density at radius 3 is 2.14 bits per heavy atom. The molecule has 1 fully saturated rings. The van der Waals surface area contributed by atoms with Gasteiger partial charge in [-0.05, 0) is 48.6 Å². The third kappa shape index (κ3) is 2.66. The molecule has 0 N–H and O–H groups in total. The second kappa shape index (κ2) is 5.74. The van der Waals surface area contributed by atoms with Crippen molar-refractivity contribution in [3.8, 4) is 0 Å². The highest BCUT2D eigenvalue weighted by Crippen LogP contribution is 2.67. The first-order chi connectivity index (χ1) is 10.4. The fourth-order valence-electron chi connectivity index (χ4n) is 3.41. The van der Waals surface area contributed by atoms with Crippen molar-refractivity contribution in [3.63, 3.8) is 0 Å². The lowest BCUT2D eigenvalue weighted by atomic mass is 10.0. The molecule has 1 aliphatic carbocycles. The van der Waals surface area contributed by atoms with E-state index in [1.807, 2.05) is 13.0 Å². The lowest BCUT2D eigenvalue weighted by Crippen LogP contribution is -1.95. The van der Waals surface area contributed by atoms with Gasteiger partial charge in [0.1, 0.15) is 0 Å². The van der Waals surface area contributed by atoms with Gasteiger partial charge >= 0.3 is 0 Å². The molecule has 0 radical (unpaired) electrons. The van der Waals surface area contributed by atoms with Crippen molar-refractivity contribution in [2.45, 2.75) is 43.9 Å². The van der Waals surface area contributed by atoms with E-state index in [1.165, 1.54) is 16.7 Å². The van der Waals surface area contributed by atoms with Gasteiger partial charge in [-0.1, -0.05) is 60.5 Å². The molecule has 0 saturated heterocycles. The molecule has 0 bridgehead atoms. The largest absolute Gasteiger partial charge is 0.118 e. The molecular weight excluding hydrogens is 335 g/mol. The Bertz CT molecular complexity index is 678. The highest BCUT2D eigenvalue weighted by molar-refractivity contribution is 6.42. The molecule has 0 spiro atoms. The van der Waals surface area contributed by atoms with E-state index in [9.17, 15) is 0 Å². The molecule has 0 heterocycles. The fourth-order valence-corrected chi connectivity index (χ4v) is 4.24. The van der Waals surface area contributed by atoms with Gasteiger partial charge in [-0.3, -0.25) is 0 Å². The van der Waals surface area contributed by atoms with Crippen molar-refractivity contribution in [2.75, 3.05) is 0 Å². The maximum Gasteiger partial charge on any atom is 0.0621 e. The second-order valence-corrected chi connectivity index (χ2v) is 7.93. The Kier molecular flexibility index (Phi) is 4.22. The minimum atomic E-state index is -0.267. The topological polar surface area (TPSA) is 0 Å². The van der Waals surface area contributed by atoms with Gasteiger partial charge < -0.3 is 0 Å². The standard InChI is InChI=1S/C19H19Cl3/c1-4-12-5-7-13(8-6-12)16-17(19(16,3)22)14-9-11(2)18(21)15(20)10-14/h5-10,16-17H,4H2,1-3H3. The van der Waals surface area contributed by atoms with Gasteiger partial charge in [0.2, 0.25) is 0 Å². The molecule has 3 atom stereocenters. The summed E-state index contributed by atoms with van der Waals surface area (Å²) in [5.41, 5.74) is 4.82. The van der Waals surface area contributed by atoms with Gasteiger partial charge in [0.25, 0.3) is 0 Å². The molecule has 2 aromatic carbocycles. The summed E-state index contributed by atoms with van der Waals surface area (Å²) < 4.78 is 0. The van der Waals surface area contributed by atoms with Crippen LogP contribution in [-0.2, 0) is 6.42 Å². The first-order valence-corrected chi connectivity index (χ1v) is 8.73. The summed E-state index contributed by atoms with van der Waals surface area (Å²) in [5, 5.41) is 1.24. The van der Waals surface area contributed by atoms with Crippen LogP contribution in [0.25, 0.3) is 0 Å². The summed E-state index contributed by atoms with van der Waals surface area (Å²) >= 11 is 19.2. The number of rotatable bonds is 3. The van der Waals surface area contributed by atoms with Crippen LogP contribution in [-0.4, -0.2) is 4.87 Å². The van der Waals surface area contributed by atoms with Crippen molar-refractivity contribution in [1.82, 2.24) is 0 Å². The van der Waals surface area contributed by atoms with E-state index in [0.29, 0.717) is 16.0 Å². The molecule has 0 aromatic heterocycles. The molecule has 116 valence electrons. The lowest BCUT2D eigenvalue weighted by molar-refractivity contribution is 0.942. The van der Waals surface area contributed by atoms with Gasteiger partial charge in [0.15, 0.2) is 0 Å². The van der Waals surface area contributed by atoms with E-state index in [1.54, 1.807) is 0 Å². The van der Waals surface area contributed by atoms with Crippen molar-refractivity contribution in [1.29, 1.82) is 0 Å². The zero-order valence-electron chi connectivity index (χ0n) is 13.0. The summed E-state index contributed by atoms with van der Waals surface area (Å²) in [5.74, 6) is 0.590. The Balaban J connectivity index is 1.95. The number of hydrogen-bond acceptors (Lipinski definition) is 0. The van der Waals surface area contributed by atoms with Crippen LogP contribution >= 0.6 is 34.8 Å². The minimum absolute atomic E-state index is 0.267. The van der Waals surface area contributed by atoms with Crippen LogP contribution in [0.15, 0.2) is 36.4 Å². The SMILES string of the molecule is CCc1ccc(C2C(c3cc(C)c(Cl)c(Cl)c3)C2(C)Cl)cc1. The maximum absolute atomic E-state index is 6.78. The predicted molar refractivity (Wildman–Crippen MR) is 96.8 cm³/mol. The quantitative estimate of drug-likeness (QED) is 0.536. The smallest absolute Gasteiger partial charge is 0.0621 e. The van der Waals surface area contributed by atoms with Gasteiger partial charge in [-0.25, -0.2) is 0 Å². The average molecular weight is 354 g/mol. The van der Waals surface area contributed by atoms with E-state index >= 15 is 0 Å². The second-order valence-electron chi connectivity index (χ2n) is 6.34. The van der Waals surface area contributed by atoms with Crippen molar-refractivity contribution < 1.29 is 0 Å². The van der Waals surface area contributed by atoms with Gasteiger partial charge in [-0.15, -0.1) is 11.6 Å². The summed E-state index contributed by atoms with van der Waals surface area (Å²) in [6, 6.07) is 12.9. The average Bonchev–Trinajstić information content (AvgIpc) is 3.07. The third-order valence-corrected chi connectivity index (χ3v) is 6.15. The van der Waals surface area contributed by atoms with Crippen LogP contribution in [0.1, 0.15) is 47.9 Å². The summed E-state index contributed by atoms with van der Waals surface area (Å²) in [6.45, 7) is 6.26. The monoisotopic (exact) mass is 352 g/mol. The molecule has 0 nitrogen and oxygen atoms in total. The van der Waals surface area contributed by atoms with Crippen LogP contribution in [0, 0.1) is 6.92 Å². The zero-order chi connectivity index (χ0) is 16.1. The number of alkyl halides is 1. The molecule has 22 heavy (non-hydrogen) atoms. The Morgan fingerprint density at radius 1 is 1.00 bits per heavy atom. The van der Waals surface area contributed by atoms with Crippen LogP contribution in [0.2, 0.25) is 10.0 Å². The van der Waals surface area contributed by atoms with E-state index < -0.39 is 0 Å². The fraction of sp³-hybridized carbons (Fsp3) is 0.368. The van der Waals surface area contributed by atoms with Gasteiger partial charge in [-0.2, -0.15) is 0 Å². The van der Waals surface area contributed by atoms with Crippen LogP contribution in [0.5, 0.6) is 0 Å². The highest BCUT2D eigenvalue weighted by atomic mass is 35.5. The Morgan fingerprint density at radius 2 is 1.59 bits per heavy atom. The highest BCUT2D eigenvalue weighted by Gasteiger charge is 2.61. The van der Waals surface area contributed by atoms with Crippen molar-refractivity contribution in [2.24, 2.45) is 0 Å². The zero-order valence-corrected chi connectivity index (χ0v) is 15.2. The first-order valence-electron chi connectivity index (χ1n) is 7.59. The Hall–Kier alpha value is -0.690. The van der Waals surface area contributed by atoms with Crippen LogP contribution < -0.4 is 0 Å². The molecule has 0 amide bonds. The van der Waals surface area contributed by atoms with E-state index in [0.717, 1.165) is 12.0 Å². The van der Waals surface area contributed by atoms with Gasteiger partial charge in [0, 0.05) is 11.8 Å². The first kappa shape index (κ1) is 16.2. The minimum Gasteiger partial charge on any atom is -0.118 e. The third-order valence-electron chi connectivity index (χ3n) is 4.78. The maximum atomic E-state index is 6.78.